The second kappa shape index (κ2) is 5.13. The van der Waals surface area contributed by atoms with Crippen LogP contribution in [0.5, 0.6) is 0 Å². The summed E-state index contributed by atoms with van der Waals surface area (Å²) < 4.78 is 22.2. The number of hydrogen-bond acceptors (Lipinski definition) is 4. The van der Waals surface area contributed by atoms with Gasteiger partial charge in [-0.15, -0.1) is 0 Å². The first-order valence-corrected chi connectivity index (χ1v) is 7.86. The number of nitrogens with one attached hydrogen (secondary N) is 1. The van der Waals surface area contributed by atoms with Gasteiger partial charge in [0.1, 0.15) is 10.7 Å². The van der Waals surface area contributed by atoms with Crippen LogP contribution >= 0.6 is 33.9 Å². The summed E-state index contributed by atoms with van der Waals surface area (Å²) in [6.07, 6.45) is 0. The molecule has 0 atom stereocenters. The number of benzene rings is 1. The molecule has 0 unspecified atom stereocenters. The van der Waals surface area contributed by atoms with Crippen LogP contribution in [0.4, 0.5) is 0 Å². The van der Waals surface area contributed by atoms with Crippen molar-refractivity contribution in [3.05, 3.63) is 44.7 Å². The van der Waals surface area contributed by atoms with Crippen molar-refractivity contribution in [3.8, 4) is 11.3 Å². The molecule has 19 heavy (non-hydrogen) atoms. The lowest BCUT2D eigenvalue weighted by Gasteiger charge is -2.04. The number of H-pyrrole nitrogens is 1. The van der Waals surface area contributed by atoms with Crippen molar-refractivity contribution >= 4 is 42.9 Å². The number of nitrogens with zero attached hydrogens (tertiary/aromatic N) is 1. The average molecular weight is 340 g/mol. The van der Waals surface area contributed by atoms with Crippen LogP contribution in [0.1, 0.15) is 0 Å². The fourth-order valence-corrected chi connectivity index (χ4v) is 2.51. The molecule has 0 fully saturated rings. The van der Waals surface area contributed by atoms with Crippen molar-refractivity contribution in [2.24, 2.45) is 0 Å². The van der Waals surface area contributed by atoms with Crippen LogP contribution in [0.15, 0.2) is 34.0 Å². The van der Waals surface area contributed by atoms with Gasteiger partial charge in [0, 0.05) is 16.2 Å². The third-order valence-corrected chi connectivity index (χ3v) is 4.47. The third kappa shape index (κ3) is 2.92. The molecule has 0 aliphatic carbocycles. The molecule has 0 spiro atoms. The van der Waals surface area contributed by atoms with Gasteiger partial charge in [-0.1, -0.05) is 35.3 Å². The maximum Gasteiger partial charge on any atom is 0.284 e. The normalized spacial score (nSPS) is 11.5. The van der Waals surface area contributed by atoms with Gasteiger partial charge in [0.25, 0.3) is 14.6 Å². The van der Waals surface area contributed by atoms with E-state index in [-0.39, 0.29) is 20.6 Å². The largest absolute Gasteiger partial charge is 0.284 e. The van der Waals surface area contributed by atoms with Crippen LogP contribution in [0.2, 0.25) is 10.0 Å². The lowest BCUT2D eigenvalue weighted by molar-refractivity contribution is 0.609. The summed E-state index contributed by atoms with van der Waals surface area (Å²) in [6.45, 7) is 0. The maximum atomic E-state index is 11.2. The Morgan fingerprint density at radius 1 is 1.05 bits per heavy atom. The second-order valence-electron chi connectivity index (χ2n) is 3.49. The number of halogens is 3. The van der Waals surface area contributed by atoms with Crippen LogP contribution in [-0.2, 0) is 9.05 Å². The predicted octanol–water partition coefficient (Wildman–Crippen LogP) is 2.67. The summed E-state index contributed by atoms with van der Waals surface area (Å²) in [5, 5.41) is 5.76. The van der Waals surface area contributed by atoms with Gasteiger partial charge in [-0.05, 0) is 12.1 Å². The minimum atomic E-state index is -3.79. The molecule has 1 heterocycles. The topological polar surface area (TPSA) is 79.9 Å². The Morgan fingerprint density at radius 3 is 2.16 bits per heavy atom. The van der Waals surface area contributed by atoms with Crippen molar-refractivity contribution in [2.45, 2.75) is 4.90 Å². The Hall–Kier alpha value is -1.08. The van der Waals surface area contributed by atoms with Crippen LogP contribution in [-0.4, -0.2) is 18.6 Å². The van der Waals surface area contributed by atoms with Gasteiger partial charge in [0.15, 0.2) is 0 Å². The molecule has 0 aliphatic heterocycles. The molecule has 2 rings (SSSR count). The van der Waals surface area contributed by atoms with E-state index in [1.807, 2.05) is 0 Å². The van der Waals surface area contributed by atoms with Crippen LogP contribution in [0.25, 0.3) is 11.3 Å². The molecule has 1 aromatic carbocycles. The molecule has 2 aromatic rings. The van der Waals surface area contributed by atoms with E-state index >= 15 is 0 Å². The van der Waals surface area contributed by atoms with Gasteiger partial charge in [-0.25, -0.2) is 13.5 Å². The van der Waals surface area contributed by atoms with E-state index in [2.05, 4.69) is 10.2 Å². The van der Waals surface area contributed by atoms with Crippen molar-refractivity contribution in [1.82, 2.24) is 10.2 Å². The lowest BCUT2D eigenvalue weighted by Crippen LogP contribution is -2.09. The van der Waals surface area contributed by atoms with Crippen molar-refractivity contribution < 1.29 is 8.42 Å². The third-order valence-electron chi connectivity index (χ3n) is 2.28. The Morgan fingerprint density at radius 2 is 1.63 bits per heavy atom. The smallest absolute Gasteiger partial charge is 0.266 e. The second-order valence-corrected chi connectivity index (χ2v) is 6.81. The molecule has 0 amide bonds. The van der Waals surface area contributed by atoms with Crippen molar-refractivity contribution in [1.29, 1.82) is 0 Å². The van der Waals surface area contributed by atoms with Gasteiger partial charge < -0.3 is 0 Å². The summed E-state index contributed by atoms with van der Waals surface area (Å²) in [5.41, 5.74) is 0.132. The highest BCUT2D eigenvalue weighted by molar-refractivity contribution is 8.13. The van der Waals surface area contributed by atoms with Crippen LogP contribution in [0.3, 0.4) is 0 Å². The zero-order valence-corrected chi connectivity index (χ0v) is 12.1. The number of aromatic amines is 1. The van der Waals surface area contributed by atoms with E-state index in [0.29, 0.717) is 5.56 Å². The number of rotatable bonds is 2. The van der Waals surface area contributed by atoms with Gasteiger partial charge in [0.05, 0.1) is 9.92 Å². The van der Waals surface area contributed by atoms with E-state index in [4.69, 9.17) is 33.9 Å². The molecule has 0 aliphatic rings. The summed E-state index contributed by atoms with van der Waals surface area (Å²) in [5.74, 6) is 0. The summed E-state index contributed by atoms with van der Waals surface area (Å²) in [4.78, 5) is 11.1. The summed E-state index contributed by atoms with van der Waals surface area (Å²) in [6, 6.07) is 5.51. The molecule has 100 valence electrons. The van der Waals surface area contributed by atoms with E-state index in [1.165, 1.54) is 24.3 Å². The maximum absolute atomic E-state index is 11.2. The first-order valence-electron chi connectivity index (χ1n) is 4.79. The molecule has 0 saturated carbocycles. The predicted molar refractivity (Wildman–Crippen MR) is 73.4 cm³/mol. The van der Waals surface area contributed by atoms with Gasteiger partial charge in [-0.3, -0.25) is 4.79 Å². The number of aromatic nitrogens is 2. The molecular weight excluding hydrogens is 335 g/mol. The molecule has 1 aromatic heterocycles. The molecule has 5 nitrogen and oxygen atoms in total. The van der Waals surface area contributed by atoms with E-state index in [9.17, 15) is 13.2 Å². The Kier molecular flexibility index (Phi) is 3.87. The van der Waals surface area contributed by atoms with Gasteiger partial charge >= 0.3 is 0 Å². The molecule has 1 N–H and O–H groups in total. The molecule has 0 saturated heterocycles. The highest BCUT2D eigenvalue weighted by Crippen LogP contribution is 2.29. The highest BCUT2D eigenvalue weighted by atomic mass is 35.7. The molecule has 9 heteroatoms. The fraction of sp³-hybridized carbons (Fsp3) is 0. The van der Waals surface area contributed by atoms with E-state index in [0.717, 1.165) is 0 Å². The van der Waals surface area contributed by atoms with Crippen LogP contribution < -0.4 is 5.56 Å². The molecule has 0 bridgehead atoms. The summed E-state index contributed by atoms with van der Waals surface area (Å²) >= 11 is 11.6. The van der Waals surface area contributed by atoms with Crippen LogP contribution in [0, 0.1) is 0 Å². The monoisotopic (exact) mass is 338 g/mol. The minimum absolute atomic E-state index is 0.00750. The summed E-state index contributed by atoms with van der Waals surface area (Å²) in [7, 11) is 1.40. The fourth-order valence-electron chi connectivity index (χ4n) is 1.38. The van der Waals surface area contributed by atoms with E-state index in [1.54, 1.807) is 0 Å². The average Bonchev–Trinajstić information content (AvgIpc) is 2.35. The van der Waals surface area contributed by atoms with Crippen molar-refractivity contribution in [2.75, 3.05) is 0 Å². The van der Waals surface area contributed by atoms with Crippen molar-refractivity contribution in [3.63, 3.8) is 0 Å². The Labute approximate surface area is 122 Å². The Balaban J connectivity index is 2.55. The van der Waals surface area contributed by atoms with E-state index < -0.39 is 14.6 Å². The highest BCUT2D eigenvalue weighted by Gasteiger charge is 2.14. The zero-order valence-electron chi connectivity index (χ0n) is 9.02. The first-order chi connectivity index (χ1) is 8.80. The zero-order chi connectivity index (χ0) is 14.2. The van der Waals surface area contributed by atoms with Gasteiger partial charge in [0.2, 0.25) is 0 Å². The quantitative estimate of drug-likeness (QED) is 0.853. The Bertz CT molecular complexity index is 785. The van der Waals surface area contributed by atoms with Gasteiger partial charge in [-0.2, -0.15) is 5.10 Å². The SMILES string of the molecule is O=c1[nH]nc(-c2ccc(S(=O)(=O)Cl)cc2)c(Cl)c1Cl. The lowest BCUT2D eigenvalue weighted by atomic mass is 10.1. The minimum Gasteiger partial charge on any atom is -0.266 e. The molecule has 0 radical (unpaired) electrons. The standard InChI is InChI=1S/C10H5Cl3N2O3S/c11-7-8(12)10(16)15-14-9(7)5-1-3-6(4-2-5)19(13,17)18/h1-4H,(H,15,16). The number of hydrogen-bond donors (Lipinski definition) is 1. The first kappa shape index (κ1) is 14.3. The molecular formula is C10H5Cl3N2O3S.